The summed E-state index contributed by atoms with van der Waals surface area (Å²) in [5, 5.41) is 1.08. The summed E-state index contributed by atoms with van der Waals surface area (Å²) >= 11 is 1.67. The third-order valence-electron chi connectivity index (χ3n) is 3.85. The Morgan fingerprint density at radius 3 is 3.00 bits per heavy atom. The summed E-state index contributed by atoms with van der Waals surface area (Å²) in [6.45, 7) is 5.63. The van der Waals surface area contributed by atoms with Gasteiger partial charge in [0.25, 0.3) is 0 Å². The second kappa shape index (κ2) is 5.01. The first-order chi connectivity index (χ1) is 9.60. The van der Waals surface area contributed by atoms with Gasteiger partial charge < -0.3 is 9.64 Å². The molecule has 2 unspecified atom stereocenters. The first-order valence-corrected chi connectivity index (χ1v) is 7.45. The second-order valence-electron chi connectivity index (χ2n) is 5.29. The number of carbonyl (C=O) groups excluding carboxylic acids is 1. The van der Waals surface area contributed by atoms with E-state index in [1.165, 1.54) is 12.0 Å². The molecule has 1 aliphatic heterocycles. The monoisotopic (exact) mass is 291 g/mol. The van der Waals surface area contributed by atoms with Crippen molar-refractivity contribution >= 4 is 33.3 Å². The highest BCUT2D eigenvalue weighted by Gasteiger charge is 2.36. The molecule has 1 fully saturated rings. The molecule has 2 atom stereocenters. The van der Waals surface area contributed by atoms with Crippen molar-refractivity contribution in [1.29, 1.82) is 0 Å². The Bertz CT molecular complexity index is 655. The van der Waals surface area contributed by atoms with Crippen LogP contribution in [0.3, 0.4) is 0 Å². The number of anilines is 1. The Morgan fingerprint density at radius 2 is 2.25 bits per heavy atom. The number of rotatable bonds is 2. The minimum absolute atomic E-state index is 0.0789. The molecule has 3 heterocycles. The fourth-order valence-corrected chi connectivity index (χ4v) is 3.66. The zero-order valence-corrected chi connectivity index (χ0v) is 12.6. The van der Waals surface area contributed by atoms with Crippen LogP contribution in [0.1, 0.15) is 11.8 Å². The molecule has 2 aromatic rings. The Labute approximate surface area is 121 Å². The van der Waals surface area contributed by atoms with E-state index in [4.69, 9.17) is 4.74 Å². The lowest BCUT2D eigenvalue weighted by Crippen LogP contribution is -2.24. The maximum absolute atomic E-state index is 11.8. The molecule has 5 nitrogen and oxygen atoms in total. The number of thiophene rings is 1. The van der Waals surface area contributed by atoms with Gasteiger partial charge in [-0.3, -0.25) is 4.79 Å². The maximum Gasteiger partial charge on any atom is 0.310 e. The summed E-state index contributed by atoms with van der Waals surface area (Å²) in [4.78, 5) is 24.9. The smallest absolute Gasteiger partial charge is 0.310 e. The molecule has 6 heteroatoms. The summed E-state index contributed by atoms with van der Waals surface area (Å²) in [6, 6.07) is 2.12. The van der Waals surface area contributed by atoms with Crippen LogP contribution in [0.4, 0.5) is 5.82 Å². The molecule has 0 radical (unpaired) electrons. The second-order valence-corrected chi connectivity index (χ2v) is 6.52. The quantitative estimate of drug-likeness (QED) is 0.794. The largest absolute Gasteiger partial charge is 0.469 e. The third kappa shape index (κ3) is 2.14. The van der Waals surface area contributed by atoms with Gasteiger partial charge in [0.1, 0.15) is 17.0 Å². The van der Waals surface area contributed by atoms with E-state index in [0.29, 0.717) is 6.54 Å². The third-order valence-corrected chi connectivity index (χ3v) is 4.81. The molecule has 3 rings (SSSR count). The van der Waals surface area contributed by atoms with Gasteiger partial charge in [-0.25, -0.2) is 9.97 Å². The van der Waals surface area contributed by atoms with Crippen molar-refractivity contribution in [2.45, 2.75) is 13.8 Å². The number of esters is 1. The van der Waals surface area contributed by atoms with E-state index in [2.05, 4.69) is 34.8 Å². The van der Waals surface area contributed by atoms with Gasteiger partial charge in [-0.15, -0.1) is 11.3 Å². The van der Waals surface area contributed by atoms with Crippen LogP contribution in [0.5, 0.6) is 0 Å². The number of aryl methyl sites for hydroxylation is 1. The first-order valence-electron chi connectivity index (χ1n) is 6.64. The van der Waals surface area contributed by atoms with Crippen molar-refractivity contribution in [3.63, 3.8) is 0 Å². The normalized spacial score (nSPS) is 22.4. The van der Waals surface area contributed by atoms with Gasteiger partial charge in [0, 0.05) is 18.0 Å². The number of carbonyl (C=O) groups is 1. The standard InChI is InChI=1S/C14H17N3O2S/c1-8-5-17(6-11(8)14(18)19-3)12-10-4-9(2)20-13(10)16-7-15-12/h4,7-8,11H,5-6H2,1-3H3. The van der Waals surface area contributed by atoms with Gasteiger partial charge >= 0.3 is 5.97 Å². The van der Waals surface area contributed by atoms with E-state index in [9.17, 15) is 4.79 Å². The summed E-state index contributed by atoms with van der Waals surface area (Å²) in [7, 11) is 1.45. The van der Waals surface area contributed by atoms with E-state index in [1.54, 1.807) is 17.7 Å². The molecular formula is C14H17N3O2S. The molecule has 106 valence electrons. The zero-order chi connectivity index (χ0) is 14.3. The Hall–Kier alpha value is -1.69. The number of aromatic nitrogens is 2. The lowest BCUT2D eigenvalue weighted by molar-refractivity contribution is -0.145. The molecule has 2 aromatic heterocycles. The molecule has 0 bridgehead atoms. The zero-order valence-electron chi connectivity index (χ0n) is 11.8. The molecule has 1 saturated heterocycles. The predicted molar refractivity (Wildman–Crippen MR) is 79.0 cm³/mol. The number of hydrogen-bond donors (Lipinski definition) is 0. The van der Waals surface area contributed by atoms with E-state index in [0.717, 1.165) is 22.6 Å². The number of methoxy groups -OCH3 is 1. The van der Waals surface area contributed by atoms with Gasteiger partial charge in [0.15, 0.2) is 0 Å². The molecular weight excluding hydrogens is 274 g/mol. The van der Waals surface area contributed by atoms with Crippen LogP contribution in [0.25, 0.3) is 10.2 Å². The van der Waals surface area contributed by atoms with Crippen molar-refractivity contribution in [3.05, 3.63) is 17.3 Å². The van der Waals surface area contributed by atoms with Gasteiger partial charge in [0.2, 0.25) is 0 Å². The Kier molecular flexibility index (Phi) is 3.33. The van der Waals surface area contributed by atoms with Crippen LogP contribution in [0.2, 0.25) is 0 Å². The molecule has 0 saturated carbocycles. The Morgan fingerprint density at radius 1 is 1.45 bits per heavy atom. The SMILES string of the molecule is COC(=O)C1CN(c2ncnc3sc(C)cc23)CC1C. The average molecular weight is 291 g/mol. The van der Waals surface area contributed by atoms with Crippen LogP contribution in [-0.4, -0.2) is 36.1 Å². The van der Waals surface area contributed by atoms with E-state index >= 15 is 0 Å². The van der Waals surface area contributed by atoms with E-state index in [-0.39, 0.29) is 17.8 Å². The van der Waals surface area contributed by atoms with E-state index in [1.807, 2.05) is 0 Å². The van der Waals surface area contributed by atoms with Gasteiger partial charge in [-0.05, 0) is 18.9 Å². The van der Waals surface area contributed by atoms with Crippen LogP contribution < -0.4 is 4.90 Å². The first kappa shape index (κ1) is 13.3. The minimum atomic E-state index is -0.133. The highest BCUT2D eigenvalue weighted by atomic mass is 32.1. The molecule has 0 spiro atoms. The molecule has 0 aliphatic carbocycles. The lowest BCUT2D eigenvalue weighted by Gasteiger charge is -2.17. The highest BCUT2D eigenvalue weighted by molar-refractivity contribution is 7.18. The summed E-state index contributed by atoms with van der Waals surface area (Å²) in [5.41, 5.74) is 0. The predicted octanol–water partition coefficient (Wildman–Crippen LogP) is 2.25. The fraction of sp³-hybridized carbons (Fsp3) is 0.500. The number of fused-ring (bicyclic) bond motifs is 1. The lowest BCUT2D eigenvalue weighted by atomic mass is 9.99. The summed E-state index contributed by atoms with van der Waals surface area (Å²) in [6.07, 6.45) is 1.60. The van der Waals surface area contributed by atoms with Crippen LogP contribution in [0, 0.1) is 18.8 Å². The van der Waals surface area contributed by atoms with Gasteiger partial charge in [-0.1, -0.05) is 6.92 Å². The van der Waals surface area contributed by atoms with Crippen molar-refractivity contribution in [3.8, 4) is 0 Å². The molecule has 0 N–H and O–H groups in total. The van der Waals surface area contributed by atoms with Crippen LogP contribution in [-0.2, 0) is 9.53 Å². The van der Waals surface area contributed by atoms with Crippen molar-refractivity contribution in [2.24, 2.45) is 11.8 Å². The average Bonchev–Trinajstić information content (AvgIpc) is 2.99. The Balaban J connectivity index is 1.95. The summed E-state index contributed by atoms with van der Waals surface area (Å²) in [5.74, 6) is 0.987. The van der Waals surface area contributed by atoms with Crippen molar-refractivity contribution < 1.29 is 9.53 Å². The minimum Gasteiger partial charge on any atom is -0.469 e. The molecule has 0 amide bonds. The van der Waals surface area contributed by atoms with Crippen LogP contribution in [0.15, 0.2) is 12.4 Å². The van der Waals surface area contributed by atoms with Gasteiger partial charge in [0.05, 0.1) is 18.4 Å². The van der Waals surface area contributed by atoms with Crippen molar-refractivity contribution in [1.82, 2.24) is 9.97 Å². The molecule has 1 aliphatic rings. The molecule has 20 heavy (non-hydrogen) atoms. The number of ether oxygens (including phenoxy) is 1. The molecule has 0 aromatic carbocycles. The summed E-state index contributed by atoms with van der Waals surface area (Å²) < 4.78 is 4.88. The fourth-order valence-electron chi connectivity index (χ4n) is 2.81. The van der Waals surface area contributed by atoms with Gasteiger partial charge in [-0.2, -0.15) is 0 Å². The maximum atomic E-state index is 11.8. The topological polar surface area (TPSA) is 55.3 Å². The highest BCUT2D eigenvalue weighted by Crippen LogP contribution is 2.34. The van der Waals surface area contributed by atoms with Crippen LogP contribution >= 0.6 is 11.3 Å². The van der Waals surface area contributed by atoms with E-state index < -0.39 is 0 Å². The number of nitrogens with zero attached hydrogens (tertiary/aromatic N) is 3. The number of hydrogen-bond acceptors (Lipinski definition) is 6. The van der Waals surface area contributed by atoms with Crippen molar-refractivity contribution in [2.75, 3.05) is 25.1 Å².